The van der Waals surface area contributed by atoms with Gasteiger partial charge in [0.1, 0.15) is 12.1 Å². The Morgan fingerprint density at radius 3 is 2.64 bits per heavy atom. The standard InChI is InChI=1S/C14H16N2O5S/c1-9-2-4-10(5-3-9)22(19,20)16-13(14(17)18)11-6-7-21-12(11)8-15/h2-5,11-13,16H,6-7H2,1H3,(H,17,18)/t11-,12-,13+/m1/s1. The van der Waals surface area contributed by atoms with Crippen LogP contribution in [0.3, 0.4) is 0 Å². The van der Waals surface area contributed by atoms with Gasteiger partial charge in [0, 0.05) is 12.5 Å². The van der Waals surface area contributed by atoms with E-state index in [1.807, 2.05) is 13.0 Å². The molecule has 8 heteroatoms. The minimum Gasteiger partial charge on any atom is -0.480 e. The van der Waals surface area contributed by atoms with Crippen molar-refractivity contribution in [2.45, 2.75) is 30.4 Å². The quantitative estimate of drug-likeness (QED) is 0.821. The molecule has 0 radical (unpaired) electrons. The molecule has 0 aliphatic carbocycles. The Balaban J connectivity index is 2.26. The number of ether oxygens (including phenoxy) is 1. The molecule has 1 saturated heterocycles. The lowest BCUT2D eigenvalue weighted by Gasteiger charge is -2.21. The minimum atomic E-state index is -3.99. The molecule has 1 aliphatic heterocycles. The second-order valence-electron chi connectivity index (χ2n) is 5.12. The third-order valence-electron chi connectivity index (χ3n) is 3.57. The van der Waals surface area contributed by atoms with Crippen LogP contribution in [0.1, 0.15) is 12.0 Å². The van der Waals surface area contributed by atoms with Crippen molar-refractivity contribution in [3.63, 3.8) is 0 Å². The number of sulfonamides is 1. The van der Waals surface area contributed by atoms with E-state index in [4.69, 9.17) is 10.00 Å². The molecule has 0 amide bonds. The Hall–Kier alpha value is -1.95. The van der Waals surface area contributed by atoms with Gasteiger partial charge in [0.25, 0.3) is 0 Å². The van der Waals surface area contributed by atoms with Gasteiger partial charge in [0.05, 0.1) is 11.0 Å². The highest BCUT2D eigenvalue weighted by molar-refractivity contribution is 7.89. The van der Waals surface area contributed by atoms with E-state index in [0.29, 0.717) is 6.42 Å². The molecule has 0 aromatic heterocycles. The molecule has 22 heavy (non-hydrogen) atoms. The van der Waals surface area contributed by atoms with Crippen molar-refractivity contribution in [2.24, 2.45) is 5.92 Å². The monoisotopic (exact) mass is 324 g/mol. The van der Waals surface area contributed by atoms with Crippen LogP contribution < -0.4 is 4.72 Å². The summed E-state index contributed by atoms with van der Waals surface area (Å²) < 4.78 is 31.9. The summed E-state index contributed by atoms with van der Waals surface area (Å²) in [5.74, 6) is -2.05. The number of nitrogens with one attached hydrogen (secondary N) is 1. The summed E-state index contributed by atoms with van der Waals surface area (Å²) in [5.41, 5.74) is 0.891. The molecule has 2 rings (SSSR count). The summed E-state index contributed by atoms with van der Waals surface area (Å²) in [6.45, 7) is 2.05. The topological polar surface area (TPSA) is 116 Å². The van der Waals surface area contributed by atoms with Gasteiger partial charge < -0.3 is 9.84 Å². The first-order valence-corrected chi connectivity index (χ1v) is 8.16. The number of nitrogens with zero attached hydrogens (tertiary/aromatic N) is 1. The van der Waals surface area contributed by atoms with E-state index < -0.39 is 34.1 Å². The molecular formula is C14H16N2O5S. The van der Waals surface area contributed by atoms with Gasteiger partial charge in [-0.25, -0.2) is 8.42 Å². The molecule has 7 nitrogen and oxygen atoms in total. The Bertz CT molecular complexity index is 693. The first kappa shape index (κ1) is 16.4. The predicted octanol–water partition coefficient (Wildman–Crippen LogP) is 0.655. The van der Waals surface area contributed by atoms with Gasteiger partial charge in [-0.1, -0.05) is 17.7 Å². The number of carboxylic acids is 1. The summed E-state index contributed by atoms with van der Waals surface area (Å²) in [7, 11) is -3.99. The molecule has 1 aromatic carbocycles. The fourth-order valence-corrected chi connectivity index (χ4v) is 3.59. The zero-order valence-electron chi connectivity index (χ0n) is 11.9. The van der Waals surface area contributed by atoms with Crippen molar-refractivity contribution in [3.05, 3.63) is 29.8 Å². The molecule has 1 fully saturated rings. The number of rotatable bonds is 5. The Morgan fingerprint density at radius 2 is 2.09 bits per heavy atom. The zero-order chi connectivity index (χ0) is 16.3. The van der Waals surface area contributed by atoms with E-state index in [2.05, 4.69) is 4.72 Å². The Labute approximate surface area is 128 Å². The van der Waals surface area contributed by atoms with Crippen molar-refractivity contribution in [1.82, 2.24) is 4.72 Å². The van der Waals surface area contributed by atoms with Crippen LogP contribution in [-0.2, 0) is 19.6 Å². The molecule has 3 atom stereocenters. The van der Waals surface area contributed by atoms with Gasteiger partial charge in [-0.3, -0.25) is 4.79 Å². The molecule has 1 aromatic rings. The summed E-state index contributed by atoms with van der Waals surface area (Å²) in [4.78, 5) is 11.4. The van der Waals surface area contributed by atoms with Gasteiger partial charge in [0.2, 0.25) is 10.0 Å². The maximum absolute atomic E-state index is 12.3. The van der Waals surface area contributed by atoms with Crippen LogP contribution in [0, 0.1) is 24.2 Å². The van der Waals surface area contributed by atoms with Crippen LogP contribution in [0.2, 0.25) is 0 Å². The molecule has 0 saturated carbocycles. The smallest absolute Gasteiger partial charge is 0.322 e. The summed E-state index contributed by atoms with van der Waals surface area (Å²) in [5, 5.41) is 18.3. The third kappa shape index (κ3) is 3.44. The molecular weight excluding hydrogens is 308 g/mol. The molecule has 118 valence electrons. The number of hydrogen-bond acceptors (Lipinski definition) is 5. The van der Waals surface area contributed by atoms with Crippen LogP contribution >= 0.6 is 0 Å². The largest absolute Gasteiger partial charge is 0.480 e. The highest BCUT2D eigenvalue weighted by atomic mass is 32.2. The van der Waals surface area contributed by atoms with E-state index in [0.717, 1.165) is 5.56 Å². The lowest BCUT2D eigenvalue weighted by molar-refractivity contribution is -0.140. The average molecular weight is 324 g/mol. The maximum Gasteiger partial charge on any atom is 0.322 e. The van der Waals surface area contributed by atoms with Crippen molar-refractivity contribution in [3.8, 4) is 6.07 Å². The number of hydrogen-bond donors (Lipinski definition) is 2. The van der Waals surface area contributed by atoms with Crippen LogP contribution in [0.15, 0.2) is 29.2 Å². The summed E-state index contributed by atoms with van der Waals surface area (Å²) >= 11 is 0. The van der Waals surface area contributed by atoms with Gasteiger partial charge in [-0.15, -0.1) is 0 Å². The molecule has 0 spiro atoms. The van der Waals surface area contributed by atoms with E-state index in [9.17, 15) is 18.3 Å². The van der Waals surface area contributed by atoms with Crippen LogP contribution in [0.25, 0.3) is 0 Å². The average Bonchev–Trinajstić information content (AvgIpc) is 2.93. The van der Waals surface area contributed by atoms with Crippen LogP contribution in [0.5, 0.6) is 0 Å². The van der Waals surface area contributed by atoms with E-state index in [1.54, 1.807) is 12.1 Å². The second-order valence-corrected chi connectivity index (χ2v) is 6.84. The molecule has 1 heterocycles. The Morgan fingerprint density at radius 1 is 1.45 bits per heavy atom. The number of nitriles is 1. The lowest BCUT2D eigenvalue weighted by atomic mass is 9.94. The number of carboxylic acid groups (broad SMARTS) is 1. The highest BCUT2D eigenvalue weighted by Crippen LogP contribution is 2.25. The van der Waals surface area contributed by atoms with Gasteiger partial charge in [-0.2, -0.15) is 9.98 Å². The normalized spacial score (nSPS) is 22.9. The number of carbonyl (C=O) groups is 1. The first-order chi connectivity index (χ1) is 10.3. The first-order valence-electron chi connectivity index (χ1n) is 6.68. The fourth-order valence-electron chi connectivity index (χ4n) is 2.35. The van der Waals surface area contributed by atoms with Gasteiger partial charge in [0.15, 0.2) is 0 Å². The third-order valence-corrected chi connectivity index (χ3v) is 5.03. The van der Waals surface area contributed by atoms with Crippen molar-refractivity contribution >= 4 is 16.0 Å². The highest BCUT2D eigenvalue weighted by Gasteiger charge is 2.41. The number of aliphatic carboxylic acids is 1. The molecule has 2 N–H and O–H groups in total. The molecule has 0 unspecified atom stereocenters. The Kier molecular flexibility index (Phi) is 4.81. The number of benzene rings is 1. The lowest BCUT2D eigenvalue weighted by Crippen LogP contribution is -2.48. The van der Waals surface area contributed by atoms with Crippen molar-refractivity contribution in [2.75, 3.05) is 6.61 Å². The van der Waals surface area contributed by atoms with E-state index in [-0.39, 0.29) is 11.5 Å². The summed E-state index contributed by atoms with van der Waals surface area (Å²) in [6, 6.07) is 6.52. The SMILES string of the molecule is Cc1ccc(S(=O)(=O)N[C@H](C(=O)O)[C@@H]2CCO[C@@H]2C#N)cc1. The summed E-state index contributed by atoms with van der Waals surface area (Å²) in [6.07, 6.45) is -0.618. The molecule has 0 bridgehead atoms. The van der Waals surface area contributed by atoms with Crippen molar-refractivity contribution in [1.29, 1.82) is 5.26 Å². The predicted molar refractivity (Wildman–Crippen MR) is 76.4 cm³/mol. The molecule has 1 aliphatic rings. The van der Waals surface area contributed by atoms with E-state index >= 15 is 0 Å². The number of aryl methyl sites for hydroxylation is 1. The second kappa shape index (κ2) is 6.44. The maximum atomic E-state index is 12.3. The van der Waals surface area contributed by atoms with Crippen molar-refractivity contribution < 1.29 is 23.1 Å². The zero-order valence-corrected chi connectivity index (χ0v) is 12.7. The van der Waals surface area contributed by atoms with Crippen LogP contribution in [-0.4, -0.2) is 38.2 Å². The van der Waals surface area contributed by atoms with Gasteiger partial charge in [-0.05, 0) is 25.5 Å². The fraction of sp³-hybridized carbons (Fsp3) is 0.429. The van der Waals surface area contributed by atoms with Crippen LogP contribution in [0.4, 0.5) is 0 Å². The van der Waals surface area contributed by atoms with E-state index in [1.165, 1.54) is 12.1 Å². The minimum absolute atomic E-state index is 0.0169. The van der Waals surface area contributed by atoms with Gasteiger partial charge >= 0.3 is 5.97 Å².